The van der Waals surface area contributed by atoms with Gasteiger partial charge in [-0.15, -0.1) is 0 Å². The van der Waals surface area contributed by atoms with Crippen LogP contribution in [0.15, 0.2) is 29.2 Å². The van der Waals surface area contributed by atoms with Crippen LogP contribution >= 0.6 is 0 Å². The largest absolute Gasteiger partial charge is 0.385 e. The summed E-state index contributed by atoms with van der Waals surface area (Å²) in [6.45, 7) is 4.26. The first-order chi connectivity index (χ1) is 9.45. The highest BCUT2D eigenvalue weighted by Crippen LogP contribution is 2.13. The number of unbranched alkanes of at least 4 members (excludes halogenated alkanes) is 1. The highest BCUT2D eigenvalue weighted by Gasteiger charge is 2.12. The fourth-order valence-electron chi connectivity index (χ4n) is 1.80. The Morgan fingerprint density at radius 3 is 2.30 bits per heavy atom. The van der Waals surface area contributed by atoms with Gasteiger partial charge in [0.05, 0.1) is 4.90 Å². The Morgan fingerprint density at radius 1 is 1.10 bits per heavy atom. The van der Waals surface area contributed by atoms with E-state index in [1.165, 1.54) is 0 Å². The van der Waals surface area contributed by atoms with Gasteiger partial charge in [-0.2, -0.15) is 0 Å². The van der Waals surface area contributed by atoms with E-state index < -0.39 is 10.0 Å². The van der Waals surface area contributed by atoms with E-state index in [4.69, 9.17) is 0 Å². The Balaban J connectivity index is 2.47. The molecule has 1 rings (SSSR count). The summed E-state index contributed by atoms with van der Waals surface area (Å²) in [7, 11) is 0.636. The molecule has 1 aromatic carbocycles. The molecule has 0 heterocycles. The summed E-state index contributed by atoms with van der Waals surface area (Å²) >= 11 is 0. The van der Waals surface area contributed by atoms with Crippen LogP contribution in [0.4, 0.5) is 5.69 Å². The minimum absolute atomic E-state index is 0.312. The standard InChI is InChI=1S/C14H25N3O2S/c1-4-15-13-7-9-14(10-8-13)20(18,19)16-11-5-6-12-17(2)3/h7-10,15-16H,4-6,11-12H2,1-3H3. The van der Waals surface area contributed by atoms with Crippen molar-refractivity contribution in [3.63, 3.8) is 0 Å². The normalized spacial score (nSPS) is 11.8. The molecule has 0 aliphatic rings. The van der Waals surface area contributed by atoms with Gasteiger partial charge in [0.1, 0.15) is 0 Å². The minimum atomic E-state index is -3.38. The van der Waals surface area contributed by atoms with Gasteiger partial charge < -0.3 is 10.2 Å². The van der Waals surface area contributed by atoms with Crippen LogP contribution in [0.3, 0.4) is 0 Å². The van der Waals surface area contributed by atoms with Crippen molar-refractivity contribution in [3.05, 3.63) is 24.3 Å². The summed E-state index contributed by atoms with van der Waals surface area (Å²) in [4.78, 5) is 2.40. The van der Waals surface area contributed by atoms with E-state index in [1.54, 1.807) is 24.3 Å². The predicted octanol–water partition coefficient (Wildman–Crippen LogP) is 1.74. The van der Waals surface area contributed by atoms with Crippen LogP contribution in [-0.2, 0) is 10.0 Å². The van der Waals surface area contributed by atoms with Crippen LogP contribution in [0.25, 0.3) is 0 Å². The molecule has 0 bridgehead atoms. The first-order valence-corrected chi connectivity index (χ1v) is 8.42. The Labute approximate surface area is 122 Å². The van der Waals surface area contributed by atoms with Crippen molar-refractivity contribution in [2.45, 2.75) is 24.7 Å². The molecule has 0 aliphatic heterocycles. The van der Waals surface area contributed by atoms with Gasteiger partial charge in [0, 0.05) is 18.8 Å². The SMILES string of the molecule is CCNc1ccc(S(=O)(=O)NCCCCN(C)C)cc1. The summed E-state index contributed by atoms with van der Waals surface area (Å²) in [5.41, 5.74) is 0.928. The van der Waals surface area contributed by atoms with Gasteiger partial charge in [-0.05, 0) is 64.7 Å². The first kappa shape index (κ1) is 16.9. The lowest BCUT2D eigenvalue weighted by atomic mass is 10.3. The number of rotatable bonds is 9. The Bertz CT molecular complexity index is 484. The maximum absolute atomic E-state index is 12.1. The lowest BCUT2D eigenvalue weighted by Gasteiger charge is -2.10. The molecule has 0 radical (unpaired) electrons. The van der Waals surface area contributed by atoms with Crippen molar-refractivity contribution in [1.82, 2.24) is 9.62 Å². The lowest BCUT2D eigenvalue weighted by molar-refractivity contribution is 0.394. The summed E-state index contributed by atoms with van der Waals surface area (Å²) in [5.74, 6) is 0. The summed E-state index contributed by atoms with van der Waals surface area (Å²) in [5, 5.41) is 3.14. The Morgan fingerprint density at radius 2 is 1.75 bits per heavy atom. The summed E-state index contributed by atoms with van der Waals surface area (Å²) < 4.78 is 26.7. The van der Waals surface area contributed by atoms with E-state index in [9.17, 15) is 8.42 Å². The van der Waals surface area contributed by atoms with Crippen molar-refractivity contribution < 1.29 is 8.42 Å². The van der Waals surface area contributed by atoms with Crippen LogP contribution in [0.2, 0.25) is 0 Å². The number of sulfonamides is 1. The quantitative estimate of drug-likeness (QED) is 0.682. The van der Waals surface area contributed by atoms with Crippen LogP contribution in [0.1, 0.15) is 19.8 Å². The van der Waals surface area contributed by atoms with Gasteiger partial charge in [0.25, 0.3) is 0 Å². The molecule has 20 heavy (non-hydrogen) atoms. The van der Waals surface area contributed by atoms with E-state index in [1.807, 2.05) is 21.0 Å². The van der Waals surface area contributed by atoms with Gasteiger partial charge in [-0.3, -0.25) is 0 Å². The molecule has 5 nitrogen and oxygen atoms in total. The highest BCUT2D eigenvalue weighted by molar-refractivity contribution is 7.89. The van der Waals surface area contributed by atoms with E-state index in [0.717, 1.165) is 31.6 Å². The highest BCUT2D eigenvalue weighted by atomic mass is 32.2. The molecule has 114 valence electrons. The molecule has 1 aromatic rings. The third-order valence-corrected chi connectivity index (χ3v) is 4.35. The average Bonchev–Trinajstić information content (AvgIpc) is 2.39. The van der Waals surface area contributed by atoms with Gasteiger partial charge in [0.2, 0.25) is 10.0 Å². The van der Waals surface area contributed by atoms with Crippen molar-refractivity contribution in [2.75, 3.05) is 39.0 Å². The maximum atomic E-state index is 12.1. The minimum Gasteiger partial charge on any atom is -0.385 e. The van der Waals surface area contributed by atoms with E-state index >= 15 is 0 Å². The summed E-state index contributed by atoms with van der Waals surface area (Å²) in [6.07, 6.45) is 1.82. The molecule has 0 fully saturated rings. The second-order valence-corrected chi connectivity index (χ2v) is 6.73. The lowest BCUT2D eigenvalue weighted by Crippen LogP contribution is -2.25. The average molecular weight is 299 g/mol. The zero-order valence-electron chi connectivity index (χ0n) is 12.5. The number of anilines is 1. The zero-order chi connectivity index (χ0) is 15.0. The van der Waals surface area contributed by atoms with Crippen LogP contribution in [0, 0.1) is 0 Å². The molecule has 0 aromatic heterocycles. The van der Waals surface area contributed by atoms with Crippen molar-refractivity contribution in [2.24, 2.45) is 0 Å². The molecule has 0 saturated heterocycles. The van der Waals surface area contributed by atoms with E-state index in [0.29, 0.717) is 11.4 Å². The fraction of sp³-hybridized carbons (Fsp3) is 0.571. The topological polar surface area (TPSA) is 61.4 Å². The third-order valence-electron chi connectivity index (χ3n) is 2.87. The third kappa shape index (κ3) is 5.90. The smallest absolute Gasteiger partial charge is 0.240 e. The fourth-order valence-corrected chi connectivity index (χ4v) is 2.87. The number of nitrogens with one attached hydrogen (secondary N) is 2. The first-order valence-electron chi connectivity index (χ1n) is 6.94. The number of benzene rings is 1. The molecule has 2 N–H and O–H groups in total. The van der Waals surface area contributed by atoms with Gasteiger partial charge in [-0.1, -0.05) is 0 Å². The maximum Gasteiger partial charge on any atom is 0.240 e. The molecule has 0 amide bonds. The van der Waals surface area contributed by atoms with Crippen molar-refractivity contribution in [1.29, 1.82) is 0 Å². The van der Waals surface area contributed by atoms with Gasteiger partial charge >= 0.3 is 0 Å². The molecular weight excluding hydrogens is 274 g/mol. The monoisotopic (exact) mass is 299 g/mol. The molecule has 0 spiro atoms. The molecule has 0 saturated carbocycles. The zero-order valence-corrected chi connectivity index (χ0v) is 13.3. The van der Waals surface area contributed by atoms with Crippen molar-refractivity contribution in [3.8, 4) is 0 Å². The second-order valence-electron chi connectivity index (χ2n) is 4.96. The molecule has 0 aliphatic carbocycles. The van der Waals surface area contributed by atoms with E-state index in [-0.39, 0.29) is 0 Å². The second kappa shape index (κ2) is 8.24. The number of nitrogens with zero attached hydrogens (tertiary/aromatic N) is 1. The molecule has 6 heteroatoms. The molecule has 0 unspecified atom stereocenters. The van der Waals surface area contributed by atoms with Crippen molar-refractivity contribution >= 4 is 15.7 Å². The summed E-state index contributed by atoms with van der Waals surface area (Å²) in [6, 6.07) is 6.81. The number of hydrogen-bond acceptors (Lipinski definition) is 4. The van der Waals surface area contributed by atoms with E-state index in [2.05, 4.69) is 14.9 Å². The van der Waals surface area contributed by atoms with Gasteiger partial charge in [0.15, 0.2) is 0 Å². The molecular formula is C14H25N3O2S. The Kier molecular flexibility index (Phi) is 6.98. The molecule has 0 atom stereocenters. The number of hydrogen-bond donors (Lipinski definition) is 2. The van der Waals surface area contributed by atoms with Gasteiger partial charge in [-0.25, -0.2) is 13.1 Å². The Hall–Kier alpha value is -1.11. The van der Waals surface area contributed by atoms with Crippen LogP contribution in [-0.4, -0.2) is 47.0 Å². The predicted molar refractivity (Wildman–Crippen MR) is 83.6 cm³/mol. The van der Waals surface area contributed by atoms with Crippen LogP contribution < -0.4 is 10.0 Å². The van der Waals surface area contributed by atoms with Crippen LogP contribution in [0.5, 0.6) is 0 Å².